The normalized spacial score (nSPS) is 21.0. The molecule has 1 atom stereocenters. The summed E-state index contributed by atoms with van der Waals surface area (Å²) in [5.74, 6) is -1.61. The Balaban J connectivity index is 2.50. The van der Waals surface area contributed by atoms with E-state index in [2.05, 4.69) is 14.5 Å². The summed E-state index contributed by atoms with van der Waals surface area (Å²) in [4.78, 5) is 15.2. The number of rotatable bonds is 3. The summed E-state index contributed by atoms with van der Waals surface area (Å²) in [5, 5.41) is 0.424. The van der Waals surface area contributed by atoms with Gasteiger partial charge in [0, 0.05) is 10.6 Å². The lowest BCUT2D eigenvalue weighted by Gasteiger charge is -2.31. The van der Waals surface area contributed by atoms with Crippen LogP contribution in [0, 0.1) is 0 Å². The number of allylic oxidation sites excluding steroid dienone is 1. The maximum Gasteiger partial charge on any atom is 0.462 e. The maximum absolute atomic E-state index is 13.3. The molecule has 0 radical (unpaired) electrons. The van der Waals surface area contributed by atoms with Crippen molar-refractivity contribution in [1.29, 1.82) is 0 Å². The van der Waals surface area contributed by atoms with Crippen LogP contribution in [-0.2, 0) is 14.3 Å². The first-order chi connectivity index (χ1) is 10.3. The lowest BCUT2D eigenvalue weighted by molar-refractivity contribution is -0.261. The fourth-order valence-corrected chi connectivity index (χ4v) is 1.91. The molecule has 1 heterocycles. The number of esters is 1. The molecule has 1 aliphatic rings. The molecule has 0 N–H and O–H groups in total. The van der Waals surface area contributed by atoms with Gasteiger partial charge in [0.25, 0.3) is 0 Å². The average Bonchev–Trinajstić information content (AvgIpc) is 2.47. The van der Waals surface area contributed by atoms with Gasteiger partial charge in [0.2, 0.25) is 0 Å². The van der Waals surface area contributed by atoms with Gasteiger partial charge in [-0.05, 0) is 25.1 Å². The predicted octanol–water partition coefficient (Wildman–Crippen LogP) is 3.49. The van der Waals surface area contributed by atoms with Crippen LogP contribution in [0.4, 0.5) is 13.2 Å². The molecule has 8 heteroatoms. The third-order valence-electron chi connectivity index (χ3n) is 2.82. The molecule has 1 aliphatic heterocycles. The van der Waals surface area contributed by atoms with Crippen molar-refractivity contribution >= 4 is 23.3 Å². The van der Waals surface area contributed by atoms with Gasteiger partial charge in [-0.3, -0.25) is 0 Å². The summed E-state index contributed by atoms with van der Waals surface area (Å²) >= 11 is 5.73. The van der Waals surface area contributed by atoms with Crippen molar-refractivity contribution in [3.63, 3.8) is 0 Å². The molecule has 118 valence electrons. The topological polar surface area (TPSA) is 47.9 Å². The highest BCUT2D eigenvalue weighted by molar-refractivity contribution is 6.30. The van der Waals surface area contributed by atoms with E-state index >= 15 is 0 Å². The van der Waals surface area contributed by atoms with Crippen molar-refractivity contribution in [3.8, 4) is 0 Å². The quantitative estimate of drug-likeness (QED) is 0.795. The van der Waals surface area contributed by atoms with Gasteiger partial charge in [0.05, 0.1) is 18.6 Å². The summed E-state index contributed by atoms with van der Waals surface area (Å²) in [7, 11) is 0. The minimum absolute atomic E-state index is 0.0618. The number of hydrogen-bond acceptors (Lipinski definition) is 4. The Bertz CT molecular complexity index is 625. The standard InChI is InChI=1S/C14H11ClF3NO3/c1-2-21-12(20)13(14(16,17)18)19-11(7-8-22-13)9-3-5-10(15)6-4-9/h3-8H,2H2,1H3. The lowest BCUT2D eigenvalue weighted by atomic mass is 10.1. The Hall–Kier alpha value is -2.02. The van der Waals surface area contributed by atoms with Gasteiger partial charge >= 0.3 is 17.9 Å². The summed E-state index contributed by atoms with van der Waals surface area (Å²) in [5.41, 5.74) is -3.10. The molecular formula is C14H11ClF3NO3. The second-order valence-corrected chi connectivity index (χ2v) is 4.72. The number of halogens is 4. The molecule has 0 bridgehead atoms. The first kappa shape index (κ1) is 16.4. The highest BCUT2D eigenvalue weighted by Crippen LogP contribution is 2.38. The van der Waals surface area contributed by atoms with Crippen LogP contribution in [0.2, 0.25) is 5.02 Å². The number of hydrogen-bond donors (Lipinski definition) is 0. The SMILES string of the molecule is CCOC(=O)C1(C(F)(F)F)N=C(c2ccc(Cl)cc2)C=CO1. The Morgan fingerprint density at radius 2 is 2.00 bits per heavy atom. The molecule has 0 spiro atoms. The van der Waals surface area contributed by atoms with E-state index in [1.165, 1.54) is 37.3 Å². The summed E-state index contributed by atoms with van der Waals surface area (Å²) < 4.78 is 49.0. The fourth-order valence-electron chi connectivity index (χ4n) is 1.78. The fraction of sp³-hybridized carbons (Fsp3) is 0.286. The second kappa shape index (κ2) is 6.00. The van der Waals surface area contributed by atoms with Crippen LogP contribution in [0.5, 0.6) is 0 Å². The number of carbonyl (C=O) groups is 1. The summed E-state index contributed by atoms with van der Waals surface area (Å²) in [6.45, 7) is 1.17. The first-order valence-electron chi connectivity index (χ1n) is 6.24. The third-order valence-corrected chi connectivity index (χ3v) is 3.07. The lowest BCUT2D eigenvalue weighted by Crippen LogP contribution is -2.54. The van der Waals surface area contributed by atoms with Crippen LogP contribution in [0.25, 0.3) is 0 Å². The van der Waals surface area contributed by atoms with Crippen molar-refractivity contribution < 1.29 is 27.4 Å². The van der Waals surface area contributed by atoms with Crippen LogP contribution in [0.15, 0.2) is 41.6 Å². The van der Waals surface area contributed by atoms with E-state index in [1.807, 2.05) is 0 Å². The van der Waals surface area contributed by atoms with Gasteiger partial charge in [0.1, 0.15) is 0 Å². The third kappa shape index (κ3) is 2.94. The van der Waals surface area contributed by atoms with Crippen molar-refractivity contribution in [3.05, 3.63) is 47.2 Å². The molecule has 4 nitrogen and oxygen atoms in total. The first-order valence-corrected chi connectivity index (χ1v) is 6.62. The predicted molar refractivity (Wildman–Crippen MR) is 73.6 cm³/mol. The van der Waals surface area contributed by atoms with Crippen LogP contribution < -0.4 is 0 Å². The van der Waals surface area contributed by atoms with Gasteiger partial charge in [-0.1, -0.05) is 23.7 Å². The molecule has 0 aromatic heterocycles. The van der Waals surface area contributed by atoms with E-state index in [-0.39, 0.29) is 12.3 Å². The van der Waals surface area contributed by atoms with Gasteiger partial charge in [-0.25, -0.2) is 9.79 Å². The Morgan fingerprint density at radius 3 is 2.55 bits per heavy atom. The van der Waals surface area contributed by atoms with Crippen LogP contribution in [-0.4, -0.2) is 30.2 Å². The van der Waals surface area contributed by atoms with Gasteiger partial charge < -0.3 is 9.47 Å². The highest BCUT2D eigenvalue weighted by Gasteiger charge is 2.66. The minimum atomic E-state index is -5.07. The monoisotopic (exact) mass is 333 g/mol. The van der Waals surface area contributed by atoms with Crippen LogP contribution in [0.1, 0.15) is 12.5 Å². The molecule has 0 aliphatic carbocycles. The highest BCUT2D eigenvalue weighted by atomic mass is 35.5. The van der Waals surface area contributed by atoms with E-state index < -0.39 is 17.9 Å². The maximum atomic E-state index is 13.3. The van der Waals surface area contributed by atoms with Gasteiger partial charge in [0.15, 0.2) is 0 Å². The zero-order valence-electron chi connectivity index (χ0n) is 11.4. The molecule has 0 saturated carbocycles. The molecule has 2 rings (SSSR count). The number of nitrogens with zero attached hydrogens (tertiary/aromatic N) is 1. The van der Waals surface area contributed by atoms with E-state index in [4.69, 9.17) is 11.6 Å². The van der Waals surface area contributed by atoms with Crippen LogP contribution in [0.3, 0.4) is 0 Å². The molecule has 1 aromatic carbocycles. The summed E-state index contributed by atoms with van der Waals surface area (Å²) in [6.07, 6.45) is -3.06. The molecular weight excluding hydrogens is 323 g/mol. The van der Waals surface area contributed by atoms with Crippen molar-refractivity contribution in [2.75, 3.05) is 6.61 Å². The molecule has 22 heavy (non-hydrogen) atoms. The zero-order chi connectivity index (χ0) is 16.4. The largest absolute Gasteiger partial charge is 0.462 e. The van der Waals surface area contributed by atoms with E-state index in [1.54, 1.807) is 0 Å². The number of carbonyl (C=O) groups excluding carboxylic acids is 1. The Kier molecular flexibility index (Phi) is 4.46. The van der Waals surface area contributed by atoms with E-state index in [0.717, 1.165) is 6.26 Å². The van der Waals surface area contributed by atoms with Crippen molar-refractivity contribution in [1.82, 2.24) is 0 Å². The Labute approximate surface area is 129 Å². The Morgan fingerprint density at radius 1 is 1.36 bits per heavy atom. The minimum Gasteiger partial charge on any atom is -0.461 e. The average molecular weight is 334 g/mol. The van der Waals surface area contributed by atoms with Crippen LogP contribution >= 0.6 is 11.6 Å². The van der Waals surface area contributed by atoms with E-state index in [9.17, 15) is 18.0 Å². The number of alkyl halides is 3. The van der Waals surface area contributed by atoms with Gasteiger partial charge in [-0.15, -0.1) is 0 Å². The van der Waals surface area contributed by atoms with E-state index in [0.29, 0.717) is 10.6 Å². The zero-order valence-corrected chi connectivity index (χ0v) is 12.1. The molecule has 0 fully saturated rings. The second-order valence-electron chi connectivity index (χ2n) is 4.29. The van der Waals surface area contributed by atoms with Crippen molar-refractivity contribution in [2.24, 2.45) is 4.99 Å². The molecule has 1 aromatic rings. The number of benzene rings is 1. The molecule has 0 saturated heterocycles. The number of ether oxygens (including phenoxy) is 2. The molecule has 1 unspecified atom stereocenters. The van der Waals surface area contributed by atoms with Gasteiger partial charge in [-0.2, -0.15) is 13.2 Å². The smallest absolute Gasteiger partial charge is 0.461 e. The molecule has 0 amide bonds. The number of aliphatic imine (C=N–C) groups is 1. The summed E-state index contributed by atoms with van der Waals surface area (Å²) in [6, 6.07) is 5.98. The van der Waals surface area contributed by atoms with Crippen molar-refractivity contribution in [2.45, 2.75) is 18.8 Å².